The highest BCUT2D eigenvalue weighted by molar-refractivity contribution is 7.25. The van der Waals surface area contributed by atoms with Gasteiger partial charge in [-0.25, -0.2) is 9.78 Å². The maximum atomic E-state index is 10.9. The lowest BCUT2D eigenvalue weighted by atomic mass is 10.2. The van der Waals surface area contributed by atoms with Crippen LogP contribution in [-0.2, 0) is 0 Å². The van der Waals surface area contributed by atoms with Crippen LogP contribution in [0.2, 0.25) is 0 Å². The van der Waals surface area contributed by atoms with Crippen LogP contribution in [0.1, 0.15) is 10.4 Å². The molecular formula is C12H7NO2S2. The number of carbonyl (C=O) groups is 1. The molecule has 0 saturated heterocycles. The molecule has 3 aromatic rings. The molecule has 5 heteroatoms. The van der Waals surface area contributed by atoms with E-state index in [4.69, 9.17) is 5.11 Å². The third-order valence-electron chi connectivity index (χ3n) is 2.37. The molecule has 3 nitrogen and oxygen atoms in total. The molecule has 0 aliphatic heterocycles. The van der Waals surface area contributed by atoms with Crippen LogP contribution < -0.4 is 0 Å². The van der Waals surface area contributed by atoms with E-state index < -0.39 is 5.97 Å². The van der Waals surface area contributed by atoms with Crippen LogP contribution >= 0.6 is 22.7 Å². The first-order valence-corrected chi connectivity index (χ1v) is 6.61. The number of aromatic nitrogens is 1. The number of hydrogen-bond donors (Lipinski definition) is 1. The summed E-state index contributed by atoms with van der Waals surface area (Å²) < 4.78 is 1.01. The molecule has 2 aromatic heterocycles. The average molecular weight is 261 g/mol. The molecule has 0 bridgehead atoms. The fourth-order valence-corrected chi connectivity index (χ4v) is 3.31. The Bertz CT molecular complexity index is 686. The average Bonchev–Trinajstić information content (AvgIpc) is 2.96. The zero-order chi connectivity index (χ0) is 11.8. The van der Waals surface area contributed by atoms with Crippen molar-refractivity contribution in [3.05, 3.63) is 41.3 Å². The first-order valence-electron chi connectivity index (χ1n) is 4.92. The highest BCUT2D eigenvalue weighted by Gasteiger charge is 2.09. The highest BCUT2D eigenvalue weighted by atomic mass is 32.1. The van der Waals surface area contributed by atoms with Crippen molar-refractivity contribution >= 4 is 38.9 Å². The molecule has 1 N–H and O–H groups in total. The van der Waals surface area contributed by atoms with Gasteiger partial charge >= 0.3 is 5.97 Å². The Morgan fingerprint density at radius 1 is 1.29 bits per heavy atom. The van der Waals surface area contributed by atoms with Crippen LogP contribution in [0, 0.1) is 0 Å². The Morgan fingerprint density at radius 2 is 2.18 bits per heavy atom. The molecule has 2 heterocycles. The van der Waals surface area contributed by atoms with E-state index in [9.17, 15) is 4.79 Å². The van der Waals surface area contributed by atoms with Crippen molar-refractivity contribution in [1.82, 2.24) is 4.98 Å². The second-order valence-electron chi connectivity index (χ2n) is 3.48. The number of nitrogens with zero attached hydrogens (tertiary/aromatic N) is 1. The first-order chi connectivity index (χ1) is 8.24. The number of carboxylic acid groups (broad SMARTS) is 1. The van der Waals surface area contributed by atoms with Gasteiger partial charge in [0, 0.05) is 0 Å². The number of rotatable bonds is 2. The molecule has 0 unspecified atom stereocenters. The molecule has 0 amide bonds. The lowest BCUT2D eigenvalue weighted by molar-refractivity contribution is 0.0697. The number of fused-ring (bicyclic) bond motifs is 1. The van der Waals surface area contributed by atoms with Gasteiger partial charge < -0.3 is 5.11 Å². The molecule has 1 aromatic carbocycles. The molecule has 0 aliphatic carbocycles. The summed E-state index contributed by atoms with van der Waals surface area (Å²) >= 11 is 3.22. The van der Waals surface area contributed by atoms with Crippen LogP contribution in [0.25, 0.3) is 20.1 Å². The van der Waals surface area contributed by atoms with Crippen LogP contribution in [-0.4, -0.2) is 16.1 Å². The molecule has 84 valence electrons. The topological polar surface area (TPSA) is 50.2 Å². The fraction of sp³-hybridized carbons (Fsp3) is 0. The van der Waals surface area contributed by atoms with Gasteiger partial charge in [-0.2, -0.15) is 0 Å². The third-order valence-corrected chi connectivity index (χ3v) is 4.44. The monoisotopic (exact) mass is 261 g/mol. The van der Waals surface area contributed by atoms with E-state index in [1.54, 1.807) is 34.8 Å². The lowest BCUT2D eigenvalue weighted by Crippen LogP contribution is -1.94. The Kier molecular flexibility index (Phi) is 2.42. The summed E-state index contributed by atoms with van der Waals surface area (Å²) in [6.45, 7) is 0. The summed E-state index contributed by atoms with van der Waals surface area (Å²) in [5.74, 6) is -0.919. The van der Waals surface area contributed by atoms with Gasteiger partial charge in [-0.15, -0.1) is 22.7 Å². The molecule has 0 fully saturated rings. The predicted octanol–water partition coefficient (Wildman–Crippen LogP) is 3.72. The normalized spacial score (nSPS) is 10.8. The largest absolute Gasteiger partial charge is 0.478 e. The molecule has 0 saturated carbocycles. The number of thiazole rings is 1. The second kappa shape index (κ2) is 3.94. The summed E-state index contributed by atoms with van der Waals surface area (Å²) in [5.41, 5.74) is 1.03. The lowest BCUT2D eigenvalue weighted by Gasteiger charge is -1.91. The SMILES string of the molecule is O=C(O)c1ccc2sc(-c3cccs3)nc2c1. The van der Waals surface area contributed by atoms with Crippen molar-refractivity contribution in [1.29, 1.82) is 0 Å². The van der Waals surface area contributed by atoms with Crippen molar-refractivity contribution in [3.8, 4) is 9.88 Å². The van der Waals surface area contributed by atoms with Gasteiger partial charge in [-0.1, -0.05) is 6.07 Å². The maximum Gasteiger partial charge on any atom is 0.335 e. The number of carboxylic acids is 1. The summed E-state index contributed by atoms with van der Waals surface area (Å²) in [6, 6.07) is 9.04. The third kappa shape index (κ3) is 1.83. The zero-order valence-electron chi connectivity index (χ0n) is 8.58. The van der Waals surface area contributed by atoms with E-state index in [-0.39, 0.29) is 5.56 Å². The number of hydrogen-bond acceptors (Lipinski definition) is 4. The Hall–Kier alpha value is -1.72. The summed E-state index contributed by atoms with van der Waals surface area (Å²) in [6.07, 6.45) is 0. The molecule has 17 heavy (non-hydrogen) atoms. The van der Waals surface area contributed by atoms with Crippen molar-refractivity contribution < 1.29 is 9.90 Å². The molecular weight excluding hydrogens is 254 g/mol. The standard InChI is InChI=1S/C12H7NO2S2/c14-12(15)7-3-4-9-8(6-7)13-11(17-9)10-2-1-5-16-10/h1-6H,(H,14,15). The van der Waals surface area contributed by atoms with Crippen LogP contribution in [0.5, 0.6) is 0 Å². The van der Waals surface area contributed by atoms with Crippen LogP contribution in [0.15, 0.2) is 35.7 Å². The Morgan fingerprint density at radius 3 is 2.88 bits per heavy atom. The van der Waals surface area contributed by atoms with E-state index in [0.717, 1.165) is 20.1 Å². The van der Waals surface area contributed by atoms with E-state index in [2.05, 4.69) is 4.98 Å². The predicted molar refractivity (Wildman–Crippen MR) is 69.9 cm³/mol. The van der Waals surface area contributed by atoms with Crippen molar-refractivity contribution in [2.75, 3.05) is 0 Å². The summed E-state index contributed by atoms with van der Waals surface area (Å²) in [5, 5.41) is 11.9. The minimum absolute atomic E-state index is 0.278. The van der Waals surface area contributed by atoms with E-state index in [0.29, 0.717) is 0 Å². The van der Waals surface area contributed by atoms with Crippen molar-refractivity contribution in [2.24, 2.45) is 0 Å². The first kappa shape index (κ1) is 10.4. The molecule has 0 spiro atoms. The maximum absolute atomic E-state index is 10.9. The number of aromatic carboxylic acids is 1. The quantitative estimate of drug-likeness (QED) is 0.764. The van der Waals surface area contributed by atoms with Crippen LogP contribution in [0.4, 0.5) is 0 Å². The van der Waals surface area contributed by atoms with Gasteiger partial charge in [-0.3, -0.25) is 0 Å². The van der Waals surface area contributed by atoms with Gasteiger partial charge in [0.05, 0.1) is 20.7 Å². The van der Waals surface area contributed by atoms with Gasteiger partial charge in [-0.05, 0) is 29.6 Å². The molecule has 0 aliphatic rings. The van der Waals surface area contributed by atoms with E-state index in [1.165, 1.54) is 0 Å². The second-order valence-corrected chi connectivity index (χ2v) is 5.46. The summed E-state index contributed by atoms with van der Waals surface area (Å²) in [7, 11) is 0. The minimum Gasteiger partial charge on any atom is -0.478 e. The Balaban J connectivity index is 2.16. The van der Waals surface area contributed by atoms with E-state index in [1.807, 2.05) is 23.6 Å². The van der Waals surface area contributed by atoms with Gasteiger partial charge in [0.1, 0.15) is 5.01 Å². The van der Waals surface area contributed by atoms with Crippen LogP contribution in [0.3, 0.4) is 0 Å². The van der Waals surface area contributed by atoms with Crippen molar-refractivity contribution in [2.45, 2.75) is 0 Å². The number of benzene rings is 1. The molecule has 0 atom stereocenters. The van der Waals surface area contributed by atoms with Gasteiger partial charge in [0.25, 0.3) is 0 Å². The van der Waals surface area contributed by atoms with E-state index >= 15 is 0 Å². The van der Waals surface area contributed by atoms with Gasteiger partial charge in [0.15, 0.2) is 0 Å². The fourth-order valence-electron chi connectivity index (χ4n) is 1.57. The molecule has 0 radical (unpaired) electrons. The zero-order valence-corrected chi connectivity index (χ0v) is 10.2. The highest BCUT2D eigenvalue weighted by Crippen LogP contribution is 2.32. The minimum atomic E-state index is -0.919. The molecule has 3 rings (SSSR count). The summed E-state index contributed by atoms with van der Waals surface area (Å²) in [4.78, 5) is 16.4. The van der Waals surface area contributed by atoms with Gasteiger partial charge in [0.2, 0.25) is 0 Å². The van der Waals surface area contributed by atoms with Crippen molar-refractivity contribution in [3.63, 3.8) is 0 Å². The number of thiophene rings is 1. The Labute approximate surface area is 105 Å². The smallest absolute Gasteiger partial charge is 0.335 e.